The first-order valence-electron chi connectivity index (χ1n) is 5.98. The number of hydrogen-bond acceptors (Lipinski definition) is 4. The number of benzene rings is 1. The van der Waals surface area contributed by atoms with Crippen LogP contribution in [0.1, 0.15) is 6.42 Å². The van der Waals surface area contributed by atoms with Crippen molar-refractivity contribution < 1.29 is 4.74 Å². The number of pyridine rings is 1. The molecule has 0 aliphatic heterocycles. The van der Waals surface area contributed by atoms with Crippen LogP contribution in [0.5, 0.6) is 5.75 Å². The Kier molecular flexibility index (Phi) is 5.54. The fourth-order valence-electron chi connectivity index (χ4n) is 1.50. The van der Waals surface area contributed by atoms with E-state index in [9.17, 15) is 0 Å². The molecular weight excluding hydrogens is 324 g/mol. The third-order valence-electron chi connectivity index (χ3n) is 2.43. The highest BCUT2D eigenvalue weighted by atomic mass is 79.9. The lowest BCUT2D eigenvalue weighted by Crippen LogP contribution is -2.01. The minimum absolute atomic E-state index is 0.658. The topological polar surface area (TPSA) is 48.1 Å². The monoisotopic (exact) mass is 338 g/mol. The molecule has 1 heterocycles. The largest absolute Gasteiger partial charge is 0.491 e. The van der Waals surface area contributed by atoms with Gasteiger partial charge in [-0.3, -0.25) is 0 Å². The number of ether oxygens (including phenoxy) is 1. The van der Waals surface area contributed by atoms with Gasteiger partial charge in [-0.05, 0) is 46.6 Å². The van der Waals surface area contributed by atoms with Gasteiger partial charge in [0.2, 0.25) is 0 Å². The van der Waals surface area contributed by atoms with E-state index in [4.69, 9.17) is 10.5 Å². The smallest absolute Gasteiger partial charge is 0.142 e. The molecule has 0 atom stereocenters. The van der Waals surface area contributed by atoms with Gasteiger partial charge >= 0.3 is 0 Å². The van der Waals surface area contributed by atoms with Crippen molar-refractivity contribution in [2.75, 3.05) is 18.1 Å². The summed E-state index contributed by atoms with van der Waals surface area (Å²) in [5.74, 6) is 1.72. The molecule has 0 bridgehead atoms. The minimum Gasteiger partial charge on any atom is -0.491 e. The van der Waals surface area contributed by atoms with E-state index in [1.54, 1.807) is 18.0 Å². The molecule has 0 fully saturated rings. The summed E-state index contributed by atoms with van der Waals surface area (Å²) >= 11 is 5.20. The Morgan fingerprint density at radius 2 is 2.05 bits per heavy atom. The molecule has 0 spiro atoms. The molecule has 0 saturated carbocycles. The van der Waals surface area contributed by atoms with Crippen molar-refractivity contribution in [2.45, 2.75) is 11.4 Å². The van der Waals surface area contributed by atoms with Crippen LogP contribution in [-0.2, 0) is 0 Å². The number of halogens is 1. The van der Waals surface area contributed by atoms with Crippen LogP contribution in [0.3, 0.4) is 0 Å². The molecule has 0 unspecified atom stereocenters. The molecule has 2 N–H and O–H groups in total. The average molecular weight is 339 g/mol. The summed E-state index contributed by atoms with van der Waals surface area (Å²) in [5, 5.41) is 1.02. The SMILES string of the molecule is Nc1ccccc1OCCCSc1ncccc1Br. The average Bonchev–Trinajstić information content (AvgIpc) is 2.42. The molecule has 2 rings (SSSR count). The summed E-state index contributed by atoms with van der Waals surface area (Å²) in [6, 6.07) is 11.5. The third kappa shape index (κ3) is 4.44. The summed E-state index contributed by atoms with van der Waals surface area (Å²) in [6.07, 6.45) is 2.75. The third-order valence-corrected chi connectivity index (χ3v) is 4.42. The Balaban J connectivity index is 1.71. The van der Waals surface area contributed by atoms with Crippen molar-refractivity contribution in [3.63, 3.8) is 0 Å². The van der Waals surface area contributed by atoms with Crippen LogP contribution >= 0.6 is 27.7 Å². The molecular formula is C14H15BrN2OS. The van der Waals surface area contributed by atoms with E-state index < -0.39 is 0 Å². The first-order chi connectivity index (χ1) is 9.27. The van der Waals surface area contributed by atoms with E-state index >= 15 is 0 Å². The summed E-state index contributed by atoms with van der Waals surface area (Å²) in [6.45, 7) is 0.658. The first-order valence-corrected chi connectivity index (χ1v) is 7.76. The van der Waals surface area contributed by atoms with E-state index in [0.717, 1.165) is 27.4 Å². The molecule has 3 nitrogen and oxygen atoms in total. The molecule has 0 aliphatic carbocycles. The fraction of sp³-hybridized carbons (Fsp3) is 0.214. The van der Waals surface area contributed by atoms with Gasteiger partial charge in [-0.1, -0.05) is 12.1 Å². The van der Waals surface area contributed by atoms with E-state index in [0.29, 0.717) is 12.3 Å². The maximum absolute atomic E-state index is 5.80. The van der Waals surface area contributed by atoms with Crippen molar-refractivity contribution in [3.8, 4) is 5.75 Å². The molecule has 1 aromatic carbocycles. The molecule has 1 aromatic heterocycles. The van der Waals surface area contributed by atoms with Crippen LogP contribution in [-0.4, -0.2) is 17.3 Å². The summed E-state index contributed by atoms with van der Waals surface area (Å²) in [7, 11) is 0. The number of nitrogens with two attached hydrogens (primary N) is 1. The van der Waals surface area contributed by atoms with Gasteiger partial charge in [0.15, 0.2) is 0 Å². The number of aromatic nitrogens is 1. The van der Waals surface area contributed by atoms with Crippen molar-refractivity contribution >= 4 is 33.4 Å². The van der Waals surface area contributed by atoms with E-state index in [2.05, 4.69) is 20.9 Å². The van der Waals surface area contributed by atoms with Gasteiger partial charge in [0, 0.05) is 16.4 Å². The number of hydrogen-bond donors (Lipinski definition) is 1. The molecule has 5 heteroatoms. The Bertz CT molecular complexity index is 489. The van der Waals surface area contributed by atoms with E-state index in [1.165, 1.54) is 0 Å². The predicted molar refractivity (Wildman–Crippen MR) is 83.6 cm³/mol. The van der Waals surface area contributed by atoms with Gasteiger partial charge < -0.3 is 10.5 Å². The van der Waals surface area contributed by atoms with Gasteiger partial charge in [0.1, 0.15) is 10.8 Å². The van der Waals surface area contributed by atoms with Gasteiger partial charge in [-0.25, -0.2) is 4.98 Å². The van der Waals surface area contributed by atoms with Crippen LogP contribution in [0, 0.1) is 0 Å². The zero-order chi connectivity index (χ0) is 13.5. The van der Waals surface area contributed by atoms with Crippen LogP contribution in [0.25, 0.3) is 0 Å². The van der Waals surface area contributed by atoms with Gasteiger partial charge in [-0.2, -0.15) is 0 Å². The van der Waals surface area contributed by atoms with Gasteiger partial charge in [0.05, 0.1) is 12.3 Å². The van der Waals surface area contributed by atoms with Crippen molar-refractivity contribution in [3.05, 3.63) is 47.1 Å². The van der Waals surface area contributed by atoms with Crippen molar-refractivity contribution in [1.29, 1.82) is 0 Å². The Morgan fingerprint density at radius 1 is 1.21 bits per heavy atom. The quantitative estimate of drug-likeness (QED) is 0.491. The lowest BCUT2D eigenvalue weighted by atomic mass is 10.3. The standard InChI is InChI=1S/C14H15BrN2OS/c15-11-5-3-8-17-14(11)19-10-4-9-18-13-7-2-1-6-12(13)16/h1-3,5-8H,4,9-10,16H2. The van der Waals surface area contributed by atoms with Crippen LogP contribution in [0.15, 0.2) is 52.1 Å². The number of anilines is 1. The molecule has 0 saturated heterocycles. The highest BCUT2D eigenvalue weighted by Crippen LogP contribution is 2.25. The highest BCUT2D eigenvalue weighted by molar-refractivity contribution is 9.10. The Morgan fingerprint density at radius 3 is 2.84 bits per heavy atom. The summed E-state index contributed by atoms with van der Waals surface area (Å²) in [5.41, 5.74) is 6.48. The number of nitrogen functional groups attached to an aromatic ring is 1. The second-order valence-electron chi connectivity index (χ2n) is 3.88. The molecule has 19 heavy (non-hydrogen) atoms. The first kappa shape index (κ1) is 14.2. The molecule has 2 aromatic rings. The molecule has 100 valence electrons. The zero-order valence-electron chi connectivity index (χ0n) is 10.4. The number of rotatable bonds is 6. The number of thioether (sulfide) groups is 1. The van der Waals surface area contributed by atoms with E-state index in [1.807, 2.05) is 36.4 Å². The number of para-hydroxylation sites is 2. The lowest BCUT2D eigenvalue weighted by Gasteiger charge is -2.08. The highest BCUT2D eigenvalue weighted by Gasteiger charge is 2.01. The maximum atomic E-state index is 5.80. The zero-order valence-corrected chi connectivity index (χ0v) is 12.8. The second-order valence-corrected chi connectivity index (χ2v) is 5.82. The van der Waals surface area contributed by atoms with Crippen LogP contribution < -0.4 is 10.5 Å². The van der Waals surface area contributed by atoms with Crippen molar-refractivity contribution in [2.24, 2.45) is 0 Å². The van der Waals surface area contributed by atoms with Gasteiger partial charge in [-0.15, -0.1) is 11.8 Å². The fourth-order valence-corrected chi connectivity index (χ4v) is 2.89. The molecule has 0 amide bonds. The Labute approximate surface area is 125 Å². The predicted octanol–water partition coefficient (Wildman–Crippen LogP) is 3.99. The van der Waals surface area contributed by atoms with Crippen LogP contribution in [0.4, 0.5) is 5.69 Å². The molecule has 0 aliphatic rings. The number of nitrogens with zero attached hydrogens (tertiary/aromatic N) is 1. The normalized spacial score (nSPS) is 10.4. The van der Waals surface area contributed by atoms with Crippen molar-refractivity contribution in [1.82, 2.24) is 4.98 Å². The maximum Gasteiger partial charge on any atom is 0.142 e. The van der Waals surface area contributed by atoms with Gasteiger partial charge in [0.25, 0.3) is 0 Å². The minimum atomic E-state index is 0.658. The lowest BCUT2D eigenvalue weighted by molar-refractivity contribution is 0.320. The second kappa shape index (κ2) is 7.40. The van der Waals surface area contributed by atoms with Crippen LogP contribution in [0.2, 0.25) is 0 Å². The van der Waals surface area contributed by atoms with E-state index in [-0.39, 0.29) is 0 Å². The Hall–Kier alpha value is -1.20. The summed E-state index contributed by atoms with van der Waals surface area (Å²) < 4.78 is 6.67. The summed E-state index contributed by atoms with van der Waals surface area (Å²) in [4.78, 5) is 4.30. The molecule has 0 radical (unpaired) electrons.